The summed E-state index contributed by atoms with van der Waals surface area (Å²) in [6.45, 7) is 3.72. The molecule has 26 heavy (non-hydrogen) atoms. The summed E-state index contributed by atoms with van der Waals surface area (Å²) in [5.74, 6) is -0.0546. The second-order valence-corrected chi connectivity index (χ2v) is 6.82. The monoisotopic (exact) mass is 367 g/mol. The van der Waals surface area contributed by atoms with Crippen molar-refractivity contribution in [3.8, 4) is 0 Å². The van der Waals surface area contributed by atoms with Gasteiger partial charge in [-0.15, -0.1) is 0 Å². The second-order valence-electron chi connectivity index (χ2n) is 6.82. The molecule has 0 bridgehead atoms. The maximum atomic E-state index is 13.2. The van der Waals surface area contributed by atoms with Gasteiger partial charge in [-0.3, -0.25) is 9.58 Å². The number of fused-ring (bicyclic) bond motifs is 1. The average molecular weight is 367 g/mol. The van der Waals surface area contributed by atoms with E-state index in [9.17, 15) is 13.2 Å². The highest BCUT2D eigenvalue weighted by atomic mass is 19.4. The quantitative estimate of drug-likeness (QED) is 0.866. The molecule has 10 heteroatoms. The van der Waals surface area contributed by atoms with E-state index in [0.29, 0.717) is 5.69 Å². The molecular formula is C16H20F3N7. The number of hydrogen-bond donors (Lipinski definition) is 2. The van der Waals surface area contributed by atoms with E-state index in [1.807, 2.05) is 11.7 Å². The Morgan fingerprint density at radius 1 is 1.19 bits per heavy atom. The van der Waals surface area contributed by atoms with Crippen LogP contribution in [0.5, 0.6) is 0 Å². The van der Waals surface area contributed by atoms with Crippen LogP contribution in [0.1, 0.15) is 37.1 Å². The molecule has 1 fully saturated rings. The summed E-state index contributed by atoms with van der Waals surface area (Å²) in [6.07, 6.45) is -0.301. The average Bonchev–Trinajstić information content (AvgIpc) is 3.29. The number of hydrogen-bond acceptors (Lipinski definition) is 6. The lowest BCUT2D eigenvalue weighted by molar-refractivity contribution is -0.137. The van der Waals surface area contributed by atoms with Gasteiger partial charge in [0.15, 0.2) is 0 Å². The van der Waals surface area contributed by atoms with Gasteiger partial charge in [-0.1, -0.05) is 0 Å². The molecule has 0 amide bonds. The Morgan fingerprint density at radius 3 is 2.65 bits per heavy atom. The summed E-state index contributed by atoms with van der Waals surface area (Å²) in [5.41, 5.74) is 0.834. The second kappa shape index (κ2) is 6.11. The van der Waals surface area contributed by atoms with Crippen LogP contribution < -0.4 is 10.6 Å². The lowest BCUT2D eigenvalue weighted by Gasteiger charge is -2.31. The molecule has 2 aliphatic rings. The van der Waals surface area contributed by atoms with Gasteiger partial charge in [0.2, 0.25) is 5.95 Å². The molecule has 0 spiro atoms. The van der Waals surface area contributed by atoms with Crippen LogP contribution in [-0.2, 0) is 12.7 Å². The van der Waals surface area contributed by atoms with E-state index in [4.69, 9.17) is 0 Å². The summed E-state index contributed by atoms with van der Waals surface area (Å²) in [4.78, 5) is 10.1. The van der Waals surface area contributed by atoms with Crippen molar-refractivity contribution in [1.82, 2.24) is 24.6 Å². The summed E-state index contributed by atoms with van der Waals surface area (Å²) < 4.78 is 41.5. The Balaban J connectivity index is 1.64. The molecule has 2 aromatic rings. The van der Waals surface area contributed by atoms with Crippen molar-refractivity contribution in [1.29, 1.82) is 0 Å². The zero-order valence-corrected chi connectivity index (χ0v) is 14.5. The van der Waals surface area contributed by atoms with E-state index in [-0.39, 0.29) is 23.8 Å². The van der Waals surface area contributed by atoms with Crippen molar-refractivity contribution in [2.75, 3.05) is 24.2 Å². The van der Waals surface area contributed by atoms with E-state index >= 15 is 0 Å². The fourth-order valence-electron chi connectivity index (χ4n) is 3.07. The number of rotatable bonds is 4. The van der Waals surface area contributed by atoms with Crippen LogP contribution in [-0.4, -0.2) is 44.3 Å². The van der Waals surface area contributed by atoms with Crippen LogP contribution in [0.2, 0.25) is 0 Å². The number of halogens is 3. The topological polar surface area (TPSA) is 70.9 Å². The number of alkyl halides is 3. The largest absolute Gasteiger partial charge is 0.421 e. The number of likely N-dealkylation sites (N-methyl/N-ethyl adjacent to an activating group) is 1. The molecule has 2 aromatic heterocycles. The van der Waals surface area contributed by atoms with Gasteiger partial charge in [-0.05, 0) is 26.8 Å². The first-order valence-corrected chi connectivity index (χ1v) is 8.56. The molecule has 1 aliphatic carbocycles. The molecule has 2 N–H and O–H groups in total. The minimum atomic E-state index is -4.50. The Labute approximate surface area is 148 Å². The van der Waals surface area contributed by atoms with Crippen molar-refractivity contribution >= 4 is 17.5 Å². The van der Waals surface area contributed by atoms with Crippen molar-refractivity contribution in [2.24, 2.45) is 0 Å². The first-order chi connectivity index (χ1) is 12.3. The zero-order chi connectivity index (χ0) is 18.5. The molecule has 0 aromatic carbocycles. The molecule has 0 radical (unpaired) electrons. The first kappa shape index (κ1) is 17.1. The van der Waals surface area contributed by atoms with Gasteiger partial charge in [0.1, 0.15) is 11.4 Å². The predicted octanol–water partition coefficient (Wildman–Crippen LogP) is 3.02. The smallest absolute Gasteiger partial charge is 0.367 e. The highest BCUT2D eigenvalue weighted by Gasteiger charge is 2.37. The summed E-state index contributed by atoms with van der Waals surface area (Å²) in [7, 11) is 2.03. The number of nitrogens with one attached hydrogen (secondary N) is 2. The fourth-order valence-corrected chi connectivity index (χ4v) is 3.07. The van der Waals surface area contributed by atoms with Crippen molar-refractivity contribution < 1.29 is 13.2 Å². The van der Waals surface area contributed by atoms with Crippen LogP contribution in [0, 0.1) is 0 Å². The lowest BCUT2D eigenvalue weighted by atomic mass is 10.1. The minimum absolute atomic E-state index is 0.0522. The van der Waals surface area contributed by atoms with E-state index in [1.54, 1.807) is 6.20 Å². The maximum absolute atomic E-state index is 13.2. The molecule has 0 unspecified atom stereocenters. The highest BCUT2D eigenvalue weighted by Crippen LogP contribution is 2.37. The molecule has 1 atom stereocenters. The number of aromatic nitrogens is 4. The maximum Gasteiger partial charge on any atom is 0.421 e. The van der Waals surface area contributed by atoms with Crippen molar-refractivity contribution in [3.05, 3.63) is 23.7 Å². The summed E-state index contributed by atoms with van der Waals surface area (Å²) >= 11 is 0. The Morgan fingerprint density at radius 2 is 1.96 bits per heavy atom. The van der Waals surface area contributed by atoms with Gasteiger partial charge in [0.05, 0.1) is 30.2 Å². The lowest BCUT2D eigenvalue weighted by Crippen LogP contribution is -2.34. The van der Waals surface area contributed by atoms with Crippen LogP contribution in [0.4, 0.5) is 30.6 Å². The standard InChI is InChI=1S/C16H20F3N7/c1-9-13-12(8-21-26(13)6-5-25(9)2)23-15-20-7-11(16(17,18)19)14(24-15)22-10-3-4-10/h7-10H,3-6H2,1-2H3,(H2,20,22,23,24)/t9-/m1/s1. The summed E-state index contributed by atoms with van der Waals surface area (Å²) in [6, 6.07) is 0.184. The van der Waals surface area contributed by atoms with Crippen molar-refractivity contribution in [3.63, 3.8) is 0 Å². The SMILES string of the molecule is C[C@@H]1c2c(Nc3ncc(C(F)(F)F)c(NC4CC4)n3)cnn2CCN1C. The molecule has 1 aliphatic heterocycles. The van der Waals surface area contributed by atoms with Gasteiger partial charge in [-0.25, -0.2) is 4.98 Å². The Hall–Kier alpha value is -2.36. The van der Waals surface area contributed by atoms with E-state index < -0.39 is 11.7 Å². The van der Waals surface area contributed by atoms with Gasteiger partial charge in [0.25, 0.3) is 0 Å². The number of anilines is 3. The van der Waals surface area contributed by atoms with Gasteiger partial charge in [0, 0.05) is 18.8 Å². The van der Waals surface area contributed by atoms with E-state index in [0.717, 1.165) is 37.8 Å². The van der Waals surface area contributed by atoms with Crippen LogP contribution in [0.25, 0.3) is 0 Å². The van der Waals surface area contributed by atoms with Crippen molar-refractivity contribution in [2.45, 2.75) is 44.6 Å². The van der Waals surface area contributed by atoms with Gasteiger partial charge >= 0.3 is 6.18 Å². The normalized spacial score (nSPS) is 20.7. The highest BCUT2D eigenvalue weighted by molar-refractivity contribution is 5.59. The van der Waals surface area contributed by atoms with Crippen LogP contribution in [0.15, 0.2) is 12.4 Å². The minimum Gasteiger partial charge on any atom is -0.367 e. The van der Waals surface area contributed by atoms with Crippen LogP contribution in [0.3, 0.4) is 0 Å². The first-order valence-electron chi connectivity index (χ1n) is 8.56. The molecule has 7 nitrogen and oxygen atoms in total. The van der Waals surface area contributed by atoms with Crippen LogP contribution >= 0.6 is 0 Å². The summed E-state index contributed by atoms with van der Waals surface area (Å²) in [5, 5.41) is 10.2. The Kier molecular flexibility index (Phi) is 4.02. The molecule has 3 heterocycles. The molecule has 140 valence electrons. The third-order valence-corrected chi connectivity index (χ3v) is 4.86. The fraction of sp³-hybridized carbons (Fsp3) is 0.562. The zero-order valence-electron chi connectivity index (χ0n) is 14.5. The molecule has 1 saturated carbocycles. The molecule has 0 saturated heterocycles. The predicted molar refractivity (Wildman–Crippen MR) is 90.2 cm³/mol. The van der Waals surface area contributed by atoms with Gasteiger partial charge in [-0.2, -0.15) is 23.3 Å². The molecule has 4 rings (SSSR count). The Bertz CT molecular complexity index is 813. The van der Waals surface area contributed by atoms with Gasteiger partial charge < -0.3 is 10.6 Å². The van der Waals surface area contributed by atoms with E-state index in [1.165, 1.54) is 0 Å². The third-order valence-electron chi connectivity index (χ3n) is 4.86. The third kappa shape index (κ3) is 3.20. The molecular weight excluding hydrogens is 347 g/mol. The number of nitrogens with zero attached hydrogens (tertiary/aromatic N) is 5. The van der Waals surface area contributed by atoms with E-state index in [2.05, 4.69) is 37.5 Å².